The molecule has 0 radical (unpaired) electrons. The lowest BCUT2D eigenvalue weighted by Crippen LogP contribution is -2.49. The Morgan fingerprint density at radius 1 is 1.17 bits per heavy atom. The number of rotatable bonds is 0. The number of hydrogen-bond acceptors (Lipinski definition) is 2. The molecule has 0 aromatic rings. The molecule has 1 saturated carbocycles. The smallest absolute Gasteiger partial charge is 0.0923 e. The quantitative estimate of drug-likeness (QED) is 0.576. The van der Waals surface area contributed by atoms with Crippen molar-refractivity contribution in [2.75, 3.05) is 0 Å². The molecular formula is C10H18N2. The Hall–Kier alpha value is -0.660. The molecule has 3 N–H and O–H groups in total. The van der Waals surface area contributed by atoms with Crippen LogP contribution in [0.3, 0.4) is 0 Å². The molecule has 12 heavy (non-hydrogen) atoms. The molecule has 0 bridgehead atoms. The largest absolute Gasteiger partial charge is 0.386 e. The van der Waals surface area contributed by atoms with E-state index in [9.17, 15) is 0 Å². The minimum absolute atomic E-state index is 0.386. The molecule has 0 atom stereocenters. The first-order valence-corrected chi connectivity index (χ1v) is 5.05. The van der Waals surface area contributed by atoms with Gasteiger partial charge in [0.1, 0.15) is 0 Å². The van der Waals surface area contributed by atoms with Gasteiger partial charge in [-0.15, -0.1) is 0 Å². The van der Waals surface area contributed by atoms with E-state index in [0.717, 1.165) is 5.82 Å². The molecule has 0 unspecified atom stereocenters. The van der Waals surface area contributed by atoms with Gasteiger partial charge in [-0.05, 0) is 31.8 Å². The second-order valence-corrected chi connectivity index (χ2v) is 4.16. The molecule has 1 spiro atoms. The monoisotopic (exact) mass is 166 g/mol. The Kier molecular flexibility index (Phi) is 1.99. The summed E-state index contributed by atoms with van der Waals surface area (Å²) in [6.07, 6.45) is 11.4. The minimum Gasteiger partial charge on any atom is -0.386 e. The van der Waals surface area contributed by atoms with Gasteiger partial charge >= 0.3 is 0 Å². The van der Waals surface area contributed by atoms with Crippen LogP contribution in [-0.4, -0.2) is 5.54 Å². The summed E-state index contributed by atoms with van der Waals surface area (Å²) in [5.74, 6) is 0.906. The van der Waals surface area contributed by atoms with Crippen LogP contribution in [0.5, 0.6) is 0 Å². The summed E-state index contributed by atoms with van der Waals surface area (Å²) in [5, 5.41) is 3.47. The molecule has 0 aromatic carbocycles. The highest BCUT2D eigenvalue weighted by molar-refractivity contribution is 5.08. The van der Waals surface area contributed by atoms with Crippen LogP contribution in [0.1, 0.15) is 44.9 Å². The van der Waals surface area contributed by atoms with Gasteiger partial charge in [0, 0.05) is 5.54 Å². The number of allylic oxidation sites excluding steroid dienone is 1. The standard InChI is InChI=1S/C10H18N2/c11-9-5-4-8-10(12-9)6-2-1-3-7-10/h5,12H,1-4,6-8,11H2. The molecule has 2 nitrogen and oxygen atoms in total. The van der Waals surface area contributed by atoms with Gasteiger partial charge in [-0.2, -0.15) is 0 Å². The van der Waals surface area contributed by atoms with Gasteiger partial charge in [0.05, 0.1) is 5.82 Å². The fourth-order valence-electron chi connectivity index (χ4n) is 2.53. The van der Waals surface area contributed by atoms with Gasteiger partial charge in [-0.3, -0.25) is 0 Å². The molecule has 1 aliphatic carbocycles. The van der Waals surface area contributed by atoms with Crippen LogP contribution in [0.25, 0.3) is 0 Å². The Morgan fingerprint density at radius 3 is 2.58 bits per heavy atom. The maximum atomic E-state index is 5.79. The molecule has 0 aromatic heterocycles. The van der Waals surface area contributed by atoms with Crippen molar-refractivity contribution in [1.82, 2.24) is 5.32 Å². The average molecular weight is 166 g/mol. The van der Waals surface area contributed by atoms with Crippen LogP contribution in [-0.2, 0) is 0 Å². The molecule has 1 aliphatic heterocycles. The van der Waals surface area contributed by atoms with Crippen molar-refractivity contribution >= 4 is 0 Å². The molecular weight excluding hydrogens is 148 g/mol. The zero-order valence-electron chi connectivity index (χ0n) is 7.60. The Bertz CT molecular complexity index is 190. The number of nitrogens with one attached hydrogen (secondary N) is 1. The van der Waals surface area contributed by atoms with E-state index in [1.165, 1.54) is 44.9 Å². The predicted octanol–water partition coefficient (Wildman–Crippen LogP) is 1.87. The summed E-state index contributed by atoms with van der Waals surface area (Å²) in [4.78, 5) is 0. The van der Waals surface area contributed by atoms with Crippen LogP contribution in [0.2, 0.25) is 0 Å². The van der Waals surface area contributed by atoms with E-state index < -0.39 is 0 Å². The summed E-state index contributed by atoms with van der Waals surface area (Å²) in [5.41, 5.74) is 6.18. The van der Waals surface area contributed by atoms with Gasteiger partial charge in [0.25, 0.3) is 0 Å². The van der Waals surface area contributed by atoms with Crippen molar-refractivity contribution in [3.8, 4) is 0 Å². The third-order valence-corrected chi connectivity index (χ3v) is 3.21. The maximum absolute atomic E-state index is 5.79. The lowest BCUT2D eigenvalue weighted by Gasteiger charge is -2.41. The van der Waals surface area contributed by atoms with E-state index in [1.807, 2.05) is 0 Å². The summed E-state index contributed by atoms with van der Waals surface area (Å²) in [6.45, 7) is 0. The molecule has 1 fully saturated rings. The first-order chi connectivity index (χ1) is 5.81. The van der Waals surface area contributed by atoms with E-state index in [4.69, 9.17) is 5.73 Å². The SMILES string of the molecule is NC1=CCCC2(CCCCC2)N1. The zero-order valence-corrected chi connectivity index (χ0v) is 7.60. The van der Waals surface area contributed by atoms with Crippen LogP contribution < -0.4 is 11.1 Å². The van der Waals surface area contributed by atoms with Crippen LogP contribution in [0.4, 0.5) is 0 Å². The molecule has 68 valence electrons. The van der Waals surface area contributed by atoms with Crippen molar-refractivity contribution in [1.29, 1.82) is 0 Å². The van der Waals surface area contributed by atoms with Crippen molar-refractivity contribution in [3.63, 3.8) is 0 Å². The molecule has 2 heteroatoms. The van der Waals surface area contributed by atoms with Gasteiger partial charge in [-0.25, -0.2) is 0 Å². The normalized spacial score (nSPS) is 27.8. The van der Waals surface area contributed by atoms with Crippen LogP contribution in [0, 0.1) is 0 Å². The zero-order chi connectivity index (χ0) is 8.44. The molecule has 1 heterocycles. The second kappa shape index (κ2) is 3.00. The summed E-state index contributed by atoms with van der Waals surface area (Å²) < 4.78 is 0. The van der Waals surface area contributed by atoms with E-state index in [-0.39, 0.29) is 0 Å². The van der Waals surface area contributed by atoms with E-state index in [1.54, 1.807) is 0 Å². The fraction of sp³-hybridized carbons (Fsp3) is 0.800. The highest BCUT2D eigenvalue weighted by Crippen LogP contribution is 2.34. The lowest BCUT2D eigenvalue weighted by molar-refractivity contribution is 0.224. The van der Waals surface area contributed by atoms with Gasteiger partial charge in [0.15, 0.2) is 0 Å². The number of hydrogen-bond donors (Lipinski definition) is 2. The highest BCUT2D eigenvalue weighted by Gasteiger charge is 2.32. The summed E-state index contributed by atoms with van der Waals surface area (Å²) in [6, 6.07) is 0. The third kappa shape index (κ3) is 1.43. The van der Waals surface area contributed by atoms with E-state index >= 15 is 0 Å². The summed E-state index contributed by atoms with van der Waals surface area (Å²) in [7, 11) is 0. The molecule has 0 saturated heterocycles. The van der Waals surface area contributed by atoms with Crippen molar-refractivity contribution < 1.29 is 0 Å². The molecule has 2 rings (SSSR count). The average Bonchev–Trinajstić information content (AvgIpc) is 2.05. The molecule has 2 aliphatic rings. The van der Waals surface area contributed by atoms with E-state index in [2.05, 4.69) is 11.4 Å². The third-order valence-electron chi connectivity index (χ3n) is 3.21. The Balaban J connectivity index is 2.05. The van der Waals surface area contributed by atoms with Crippen LogP contribution in [0.15, 0.2) is 11.9 Å². The predicted molar refractivity (Wildman–Crippen MR) is 50.5 cm³/mol. The lowest BCUT2D eigenvalue weighted by atomic mass is 9.77. The van der Waals surface area contributed by atoms with Gasteiger partial charge in [-0.1, -0.05) is 19.3 Å². The van der Waals surface area contributed by atoms with Crippen molar-refractivity contribution in [2.24, 2.45) is 5.73 Å². The minimum atomic E-state index is 0.386. The highest BCUT2D eigenvalue weighted by atomic mass is 15.1. The van der Waals surface area contributed by atoms with Gasteiger partial charge < -0.3 is 11.1 Å². The summed E-state index contributed by atoms with van der Waals surface area (Å²) >= 11 is 0. The van der Waals surface area contributed by atoms with E-state index in [0.29, 0.717) is 5.54 Å². The first kappa shape index (κ1) is 7.96. The Morgan fingerprint density at radius 2 is 1.92 bits per heavy atom. The Labute approximate surface area is 74.2 Å². The van der Waals surface area contributed by atoms with Crippen LogP contribution >= 0.6 is 0 Å². The first-order valence-electron chi connectivity index (χ1n) is 5.05. The van der Waals surface area contributed by atoms with Crippen molar-refractivity contribution in [2.45, 2.75) is 50.5 Å². The maximum Gasteiger partial charge on any atom is 0.0923 e. The molecule has 0 amide bonds. The fourth-order valence-corrected chi connectivity index (χ4v) is 2.53. The second-order valence-electron chi connectivity index (χ2n) is 4.16. The topological polar surface area (TPSA) is 38.0 Å². The number of nitrogens with two attached hydrogens (primary N) is 1. The van der Waals surface area contributed by atoms with Crippen molar-refractivity contribution in [3.05, 3.63) is 11.9 Å². The van der Waals surface area contributed by atoms with Gasteiger partial charge in [0.2, 0.25) is 0 Å².